The van der Waals surface area contributed by atoms with E-state index >= 15 is 0 Å². The lowest BCUT2D eigenvalue weighted by molar-refractivity contribution is -0.138. The number of alkyl halides is 3. The average molecular weight is 861 g/mol. The highest BCUT2D eigenvalue weighted by Crippen LogP contribution is 2.48. The Morgan fingerprint density at radius 1 is 0.774 bits per heavy atom. The van der Waals surface area contributed by atoms with Crippen LogP contribution in [0.15, 0.2) is 115 Å². The Hall–Kier alpha value is -6.38. The van der Waals surface area contributed by atoms with Crippen LogP contribution in [0, 0.1) is 0 Å². The van der Waals surface area contributed by atoms with E-state index in [1.165, 1.54) is 23.5 Å². The number of benzene rings is 5. The number of rotatable bonds is 13. The summed E-state index contributed by atoms with van der Waals surface area (Å²) in [5, 5.41) is 3.18. The number of imide groups is 1. The molecule has 9 rings (SSSR count). The minimum Gasteiger partial charge on any atom is -0.494 e. The van der Waals surface area contributed by atoms with Crippen molar-refractivity contribution in [3.8, 4) is 33.4 Å². The number of ether oxygens (including phenoxy) is 3. The van der Waals surface area contributed by atoms with Gasteiger partial charge in [-0.05, 0) is 102 Å². The summed E-state index contributed by atoms with van der Waals surface area (Å²) in [5.74, 6) is 1.62. The van der Waals surface area contributed by atoms with Gasteiger partial charge in [0, 0.05) is 67.0 Å². The van der Waals surface area contributed by atoms with Crippen LogP contribution in [-0.2, 0) is 28.9 Å². The van der Waals surface area contributed by atoms with E-state index in [2.05, 4.69) is 21.2 Å². The van der Waals surface area contributed by atoms with Gasteiger partial charge in [0.25, 0.3) is 5.91 Å². The van der Waals surface area contributed by atoms with Gasteiger partial charge in [-0.15, -0.1) is 11.3 Å². The normalized spacial score (nSPS) is 17.0. The molecule has 3 aliphatic heterocycles. The largest absolute Gasteiger partial charge is 0.494 e. The molecule has 0 radical (unpaired) electrons. The third-order valence-electron chi connectivity index (χ3n) is 11.5. The summed E-state index contributed by atoms with van der Waals surface area (Å²) >= 11 is 1.43. The number of piperidine rings is 1. The number of nitrogens with one attached hydrogen (secondary N) is 1. The number of halogens is 3. The van der Waals surface area contributed by atoms with E-state index in [0.717, 1.165) is 78.2 Å². The fraction of sp³-hybridized carbons (Fsp3) is 0.271. The molecule has 1 aromatic heterocycles. The molecule has 1 N–H and O–H groups in total. The lowest BCUT2D eigenvalue weighted by Gasteiger charge is -2.36. The van der Waals surface area contributed by atoms with E-state index < -0.39 is 23.7 Å². The summed E-state index contributed by atoms with van der Waals surface area (Å²) in [6, 6.07) is 33.3. The number of hydrogen-bond donors (Lipinski definition) is 1. The third kappa shape index (κ3) is 8.97. The molecule has 0 bridgehead atoms. The zero-order valence-corrected chi connectivity index (χ0v) is 34.5. The highest BCUT2D eigenvalue weighted by atomic mass is 32.1. The Labute approximate surface area is 360 Å². The molecule has 5 aromatic carbocycles. The van der Waals surface area contributed by atoms with E-state index in [1.807, 2.05) is 84.9 Å². The summed E-state index contributed by atoms with van der Waals surface area (Å²) in [5.41, 5.74) is 3.50. The van der Waals surface area contributed by atoms with Crippen LogP contribution in [0.1, 0.15) is 46.3 Å². The highest BCUT2D eigenvalue weighted by molar-refractivity contribution is 7.22. The molecule has 6 aromatic rings. The topological polar surface area (TPSA) is 101 Å². The van der Waals surface area contributed by atoms with Gasteiger partial charge in [-0.2, -0.15) is 13.2 Å². The number of amides is 3. The zero-order chi connectivity index (χ0) is 42.8. The van der Waals surface area contributed by atoms with Crippen LogP contribution in [-0.4, -0.2) is 72.9 Å². The molecule has 1 unspecified atom stereocenters. The third-order valence-corrected chi connectivity index (χ3v) is 12.7. The maximum atomic E-state index is 13.4. The Bertz CT molecular complexity index is 2590. The van der Waals surface area contributed by atoms with Crippen molar-refractivity contribution in [2.45, 2.75) is 44.6 Å². The van der Waals surface area contributed by atoms with E-state index in [-0.39, 0.29) is 18.2 Å². The van der Waals surface area contributed by atoms with E-state index in [9.17, 15) is 27.6 Å². The van der Waals surface area contributed by atoms with Crippen molar-refractivity contribution in [1.82, 2.24) is 15.1 Å². The SMILES string of the molecule is O=C1CCC(N2Cc3cc(N4CCN(CCCOc5ccc(Oc6c(-c7ccc(C(F)(F)F)cc7)sc7cc(OCc8ccccc8)ccc67)cc5)CC4)ccc3C2=O)C(=O)N1. The quantitative estimate of drug-likeness (QED) is 0.0907. The van der Waals surface area contributed by atoms with Gasteiger partial charge in [0.1, 0.15) is 29.9 Å². The molecule has 14 heteroatoms. The van der Waals surface area contributed by atoms with E-state index in [0.29, 0.717) is 65.2 Å². The second kappa shape index (κ2) is 17.5. The second-order valence-electron chi connectivity index (χ2n) is 15.6. The van der Waals surface area contributed by atoms with Crippen molar-refractivity contribution >= 4 is 44.8 Å². The molecule has 0 aliphatic carbocycles. The minimum absolute atomic E-state index is 0.168. The fourth-order valence-corrected chi connectivity index (χ4v) is 9.34. The molecule has 2 fully saturated rings. The van der Waals surface area contributed by atoms with Crippen LogP contribution in [0.5, 0.6) is 23.0 Å². The number of thiophene rings is 1. The molecule has 0 saturated carbocycles. The minimum atomic E-state index is -4.44. The fourth-order valence-electron chi connectivity index (χ4n) is 8.17. The van der Waals surface area contributed by atoms with Gasteiger partial charge in [0.2, 0.25) is 11.8 Å². The van der Waals surface area contributed by atoms with Gasteiger partial charge >= 0.3 is 6.18 Å². The van der Waals surface area contributed by atoms with Crippen LogP contribution < -0.4 is 24.4 Å². The van der Waals surface area contributed by atoms with Crippen LogP contribution in [0.3, 0.4) is 0 Å². The number of carbonyl (C=O) groups is 3. The summed E-state index contributed by atoms with van der Waals surface area (Å²) in [6.45, 7) is 5.63. The van der Waals surface area contributed by atoms with Gasteiger partial charge < -0.3 is 24.0 Å². The monoisotopic (exact) mass is 860 g/mol. The van der Waals surface area contributed by atoms with Crippen LogP contribution >= 0.6 is 11.3 Å². The number of carbonyl (C=O) groups excluding carboxylic acids is 3. The van der Waals surface area contributed by atoms with Crippen molar-refractivity contribution in [2.24, 2.45) is 0 Å². The van der Waals surface area contributed by atoms with E-state index in [1.54, 1.807) is 4.90 Å². The van der Waals surface area contributed by atoms with E-state index in [4.69, 9.17) is 14.2 Å². The maximum Gasteiger partial charge on any atom is 0.416 e. The Kier molecular flexibility index (Phi) is 11.6. The average Bonchev–Trinajstić information content (AvgIpc) is 3.81. The number of fused-ring (bicyclic) bond motifs is 2. The predicted molar refractivity (Wildman–Crippen MR) is 231 cm³/mol. The molecule has 4 heterocycles. The van der Waals surface area contributed by atoms with Crippen molar-refractivity contribution in [3.05, 3.63) is 138 Å². The smallest absolute Gasteiger partial charge is 0.416 e. The van der Waals surface area contributed by atoms with Crippen LogP contribution in [0.4, 0.5) is 18.9 Å². The van der Waals surface area contributed by atoms with Gasteiger partial charge in [0.15, 0.2) is 5.75 Å². The van der Waals surface area contributed by atoms with Gasteiger partial charge in [-0.25, -0.2) is 0 Å². The zero-order valence-electron chi connectivity index (χ0n) is 33.7. The standard InChI is InChI=1S/C48H43F3N4O6S/c49-48(50,51)34-9-7-32(8-10-34)45-44(40-18-16-38(28-42(40)62-45)60-30-31-5-2-1-3-6-31)61-37-14-12-36(13-15-37)59-26-4-21-53-22-24-54(25-23-53)35-11-17-39-33(27-35)29-55(47(39)58)41-19-20-43(56)52-46(41)57/h1-3,5-18,27-28,41H,4,19-26,29-30H2,(H,52,56,57). The Morgan fingerprint density at radius 3 is 2.26 bits per heavy atom. The number of hydrogen-bond acceptors (Lipinski definition) is 9. The first kappa shape index (κ1) is 41.0. The van der Waals surface area contributed by atoms with Gasteiger partial charge in [0.05, 0.1) is 17.0 Å². The lowest BCUT2D eigenvalue weighted by atomic mass is 10.0. The number of anilines is 1. The molecule has 62 heavy (non-hydrogen) atoms. The Morgan fingerprint density at radius 2 is 1.52 bits per heavy atom. The van der Waals surface area contributed by atoms with Crippen molar-refractivity contribution in [3.63, 3.8) is 0 Å². The molecule has 0 spiro atoms. The first-order valence-corrected chi connectivity index (χ1v) is 21.4. The van der Waals surface area contributed by atoms with Crippen molar-refractivity contribution in [2.75, 3.05) is 44.2 Å². The molecule has 2 saturated heterocycles. The molecule has 1 atom stereocenters. The van der Waals surface area contributed by atoms with Gasteiger partial charge in [-0.1, -0.05) is 42.5 Å². The summed E-state index contributed by atoms with van der Waals surface area (Å²) in [4.78, 5) is 44.2. The number of nitrogens with zero attached hydrogens (tertiary/aromatic N) is 3. The van der Waals surface area contributed by atoms with Crippen LogP contribution in [0.2, 0.25) is 0 Å². The predicted octanol–water partition coefficient (Wildman–Crippen LogP) is 9.31. The highest BCUT2D eigenvalue weighted by Gasteiger charge is 2.39. The summed E-state index contributed by atoms with van der Waals surface area (Å²) in [6.07, 6.45) is -3.03. The maximum absolute atomic E-state index is 13.4. The second-order valence-corrected chi connectivity index (χ2v) is 16.7. The van der Waals surface area contributed by atoms with Crippen molar-refractivity contribution < 1.29 is 41.8 Å². The van der Waals surface area contributed by atoms with Crippen molar-refractivity contribution in [1.29, 1.82) is 0 Å². The molecule has 10 nitrogen and oxygen atoms in total. The summed E-state index contributed by atoms with van der Waals surface area (Å²) in [7, 11) is 0. The molecular weight excluding hydrogens is 818 g/mol. The van der Waals surface area contributed by atoms with Crippen LogP contribution in [0.25, 0.3) is 20.5 Å². The first-order chi connectivity index (χ1) is 30.1. The Balaban J connectivity index is 0.781. The molecule has 318 valence electrons. The van der Waals surface area contributed by atoms with Gasteiger partial charge in [-0.3, -0.25) is 24.6 Å². The summed E-state index contributed by atoms with van der Waals surface area (Å²) < 4.78 is 59.8. The first-order valence-electron chi connectivity index (χ1n) is 20.6. The molecular formula is C48H43F3N4O6S. The molecule has 3 aliphatic rings. The molecule has 3 amide bonds. The lowest BCUT2D eigenvalue weighted by Crippen LogP contribution is -2.52. The number of piperazine rings is 1.